The number of carbonyl (C=O) groups is 1. The van der Waals surface area contributed by atoms with Gasteiger partial charge in [-0.1, -0.05) is 25.4 Å². The van der Waals surface area contributed by atoms with Crippen LogP contribution in [0.4, 0.5) is 5.69 Å². The number of nitrogen functional groups attached to an aromatic ring is 1. The zero-order chi connectivity index (χ0) is 14.5. The summed E-state index contributed by atoms with van der Waals surface area (Å²) in [4.78, 5) is 12.1. The van der Waals surface area contributed by atoms with E-state index in [1.165, 1.54) is 0 Å². The molecule has 4 nitrogen and oxygen atoms in total. The van der Waals surface area contributed by atoms with Crippen LogP contribution in [0.1, 0.15) is 37.0 Å². The molecule has 1 amide bonds. The molecule has 19 heavy (non-hydrogen) atoms. The Morgan fingerprint density at radius 3 is 2.53 bits per heavy atom. The smallest absolute Gasteiger partial charge is 0.252 e. The summed E-state index contributed by atoms with van der Waals surface area (Å²) in [5.41, 5.74) is 6.24. The van der Waals surface area contributed by atoms with E-state index in [1.54, 1.807) is 18.2 Å². The molecule has 0 saturated carbocycles. The lowest BCUT2D eigenvalue weighted by Gasteiger charge is -2.29. The van der Waals surface area contributed by atoms with Crippen LogP contribution < -0.4 is 11.1 Å². The summed E-state index contributed by atoms with van der Waals surface area (Å²) in [6, 6.07) is 4.79. The minimum absolute atomic E-state index is 0.0513. The molecule has 0 radical (unpaired) electrons. The van der Waals surface area contributed by atoms with E-state index in [1.807, 2.05) is 13.8 Å². The van der Waals surface area contributed by atoms with E-state index in [2.05, 4.69) is 5.32 Å². The third-order valence-corrected chi connectivity index (χ3v) is 4.01. The number of aliphatic hydroxyl groups is 1. The van der Waals surface area contributed by atoms with Crippen LogP contribution in [0.15, 0.2) is 18.2 Å². The summed E-state index contributed by atoms with van der Waals surface area (Å²) >= 11 is 5.99. The summed E-state index contributed by atoms with van der Waals surface area (Å²) < 4.78 is 0. The highest BCUT2D eigenvalue weighted by atomic mass is 35.5. The molecule has 0 aliphatic heterocycles. The Morgan fingerprint density at radius 1 is 1.42 bits per heavy atom. The Balaban J connectivity index is 2.75. The van der Waals surface area contributed by atoms with Crippen molar-refractivity contribution >= 4 is 23.2 Å². The number of nitrogens with two attached hydrogens (primary N) is 1. The van der Waals surface area contributed by atoms with Gasteiger partial charge in [-0.2, -0.15) is 0 Å². The van der Waals surface area contributed by atoms with Crippen LogP contribution >= 0.6 is 11.6 Å². The van der Waals surface area contributed by atoms with Crippen LogP contribution in [0.25, 0.3) is 0 Å². The predicted molar refractivity (Wildman–Crippen MR) is 78.3 cm³/mol. The fourth-order valence-corrected chi connectivity index (χ4v) is 2.13. The molecule has 0 atom stereocenters. The van der Waals surface area contributed by atoms with Gasteiger partial charge in [0, 0.05) is 17.6 Å². The number of aliphatic hydroxyl groups excluding tert-OH is 1. The van der Waals surface area contributed by atoms with Crippen LogP contribution in [0.2, 0.25) is 5.02 Å². The third kappa shape index (κ3) is 3.85. The van der Waals surface area contributed by atoms with Gasteiger partial charge < -0.3 is 16.2 Å². The van der Waals surface area contributed by atoms with Crippen molar-refractivity contribution in [2.75, 3.05) is 18.9 Å². The Morgan fingerprint density at radius 2 is 2.05 bits per heavy atom. The molecule has 0 saturated heterocycles. The van der Waals surface area contributed by atoms with Gasteiger partial charge in [0.15, 0.2) is 0 Å². The predicted octanol–water partition coefficient (Wildman–Crippen LogP) is 2.45. The van der Waals surface area contributed by atoms with Crippen LogP contribution in [0, 0.1) is 5.41 Å². The minimum Gasteiger partial charge on any atom is -0.399 e. The fourth-order valence-electron chi connectivity index (χ4n) is 1.86. The van der Waals surface area contributed by atoms with Gasteiger partial charge in [0.25, 0.3) is 5.91 Å². The Hall–Kier alpha value is -1.26. The van der Waals surface area contributed by atoms with Crippen molar-refractivity contribution in [2.45, 2.75) is 26.7 Å². The van der Waals surface area contributed by atoms with E-state index in [0.29, 0.717) is 22.8 Å². The fraction of sp³-hybridized carbons (Fsp3) is 0.500. The molecule has 1 aromatic rings. The number of carbonyl (C=O) groups excluding carboxylic acids is 1. The summed E-state index contributed by atoms with van der Waals surface area (Å²) in [6.45, 7) is 4.48. The SMILES string of the molecule is CCC(CC)(CO)CNC(=O)c1ccc(N)cc1Cl. The van der Waals surface area contributed by atoms with Gasteiger partial charge in [-0.3, -0.25) is 4.79 Å². The van der Waals surface area contributed by atoms with Gasteiger partial charge in [-0.05, 0) is 31.0 Å². The number of benzene rings is 1. The second-order valence-electron chi connectivity index (χ2n) is 4.79. The van der Waals surface area contributed by atoms with Crippen LogP contribution in [0.5, 0.6) is 0 Å². The maximum Gasteiger partial charge on any atom is 0.252 e. The second-order valence-corrected chi connectivity index (χ2v) is 5.19. The first kappa shape index (κ1) is 15.8. The zero-order valence-electron chi connectivity index (χ0n) is 11.4. The first-order valence-electron chi connectivity index (χ1n) is 6.42. The molecule has 0 heterocycles. The average molecular weight is 285 g/mol. The molecular formula is C14H21ClN2O2. The Labute approximate surface area is 118 Å². The molecule has 0 unspecified atom stereocenters. The van der Waals surface area contributed by atoms with E-state index in [0.717, 1.165) is 12.8 Å². The normalized spacial score (nSPS) is 11.4. The second kappa shape index (κ2) is 6.78. The molecule has 0 fully saturated rings. The van der Waals surface area contributed by atoms with Crippen molar-refractivity contribution < 1.29 is 9.90 Å². The highest BCUT2D eigenvalue weighted by Gasteiger charge is 2.26. The molecule has 0 bridgehead atoms. The molecular weight excluding hydrogens is 264 g/mol. The lowest BCUT2D eigenvalue weighted by molar-refractivity contribution is 0.0851. The van der Waals surface area contributed by atoms with Gasteiger partial charge in [-0.25, -0.2) is 0 Å². The lowest BCUT2D eigenvalue weighted by atomic mass is 9.83. The maximum absolute atomic E-state index is 12.1. The van der Waals surface area contributed by atoms with Crippen LogP contribution in [-0.4, -0.2) is 24.2 Å². The first-order valence-corrected chi connectivity index (χ1v) is 6.80. The molecule has 106 valence electrons. The van der Waals surface area contributed by atoms with Gasteiger partial charge in [0.2, 0.25) is 0 Å². The Bertz CT molecular complexity index is 437. The highest BCUT2D eigenvalue weighted by molar-refractivity contribution is 6.34. The molecule has 1 aromatic carbocycles. The monoisotopic (exact) mass is 284 g/mol. The van der Waals surface area contributed by atoms with Gasteiger partial charge >= 0.3 is 0 Å². The molecule has 0 spiro atoms. The lowest BCUT2D eigenvalue weighted by Crippen LogP contribution is -2.39. The molecule has 0 aliphatic carbocycles. The highest BCUT2D eigenvalue weighted by Crippen LogP contribution is 2.25. The van der Waals surface area contributed by atoms with Gasteiger partial charge in [0.05, 0.1) is 17.2 Å². The zero-order valence-corrected chi connectivity index (χ0v) is 12.1. The molecule has 0 aliphatic rings. The average Bonchev–Trinajstić information content (AvgIpc) is 2.40. The van der Waals surface area contributed by atoms with Crippen molar-refractivity contribution in [2.24, 2.45) is 5.41 Å². The largest absolute Gasteiger partial charge is 0.399 e. The molecule has 5 heteroatoms. The number of nitrogens with one attached hydrogen (secondary N) is 1. The summed E-state index contributed by atoms with van der Waals surface area (Å²) in [5.74, 6) is -0.246. The van der Waals surface area contributed by atoms with E-state index in [-0.39, 0.29) is 17.9 Å². The minimum atomic E-state index is -0.268. The van der Waals surface area contributed by atoms with E-state index >= 15 is 0 Å². The van der Waals surface area contributed by atoms with Crippen LogP contribution in [-0.2, 0) is 0 Å². The maximum atomic E-state index is 12.1. The van der Waals surface area contributed by atoms with Crippen molar-refractivity contribution in [1.82, 2.24) is 5.32 Å². The van der Waals surface area contributed by atoms with Gasteiger partial charge in [0.1, 0.15) is 0 Å². The quantitative estimate of drug-likeness (QED) is 0.702. The number of hydrogen-bond acceptors (Lipinski definition) is 3. The van der Waals surface area contributed by atoms with E-state index < -0.39 is 0 Å². The molecule has 4 N–H and O–H groups in total. The van der Waals surface area contributed by atoms with Gasteiger partial charge in [-0.15, -0.1) is 0 Å². The summed E-state index contributed by atoms with van der Waals surface area (Å²) in [6.07, 6.45) is 1.60. The number of halogens is 1. The molecule has 0 aromatic heterocycles. The molecule has 1 rings (SSSR count). The summed E-state index contributed by atoms with van der Waals surface area (Å²) in [5, 5.41) is 12.6. The van der Waals surface area contributed by atoms with Crippen molar-refractivity contribution in [3.63, 3.8) is 0 Å². The van der Waals surface area contributed by atoms with E-state index in [9.17, 15) is 9.90 Å². The number of hydrogen-bond donors (Lipinski definition) is 3. The number of rotatable bonds is 6. The first-order chi connectivity index (χ1) is 8.98. The Kier molecular flexibility index (Phi) is 5.63. The van der Waals surface area contributed by atoms with Crippen molar-refractivity contribution in [1.29, 1.82) is 0 Å². The topological polar surface area (TPSA) is 75.3 Å². The number of anilines is 1. The van der Waals surface area contributed by atoms with E-state index in [4.69, 9.17) is 17.3 Å². The van der Waals surface area contributed by atoms with Crippen molar-refractivity contribution in [3.8, 4) is 0 Å². The summed E-state index contributed by atoms with van der Waals surface area (Å²) in [7, 11) is 0. The standard InChI is InChI=1S/C14H21ClN2O2/c1-3-14(4-2,9-18)8-17-13(19)11-6-5-10(16)7-12(11)15/h5-7,18H,3-4,8-9,16H2,1-2H3,(H,17,19). The van der Waals surface area contributed by atoms with Crippen LogP contribution in [0.3, 0.4) is 0 Å². The van der Waals surface area contributed by atoms with Crippen molar-refractivity contribution in [3.05, 3.63) is 28.8 Å². The third-order valence-electron chi connectivity index (χ3n) is 3.70. The number of amides is 1.